The second-order valence-corrected chi connectivity index (χ2v) is 4.60. The molecule has 7 heteroatoms. The normalized spacial score (nSPS) is 10.3. The van der Waals surface area contributed by atoms with Crippen molar-refractivity contribution in [2.24, 2.45) is 0 Å². The predicted molar refractivity (Wildman–Crippen MR) is 71.4 cm³/mol. The Labute approximate surface area is 108 Å². The second kappa shape index (κ2) is 5.11. The molecule has 0 aliphatic carbocycles. The molecule has 2 aromatic rings. The number of aromatic nitrogens is 2. The van der Waals surface area contributed by atoms with E-state index in [-0.39, 0.29) is 6.61 Å². The van der Waals surface area contributed by atoms with Gasteiger partial charge in [-0.1, -0.05) is 0 Å². The first-order valence-electron chi connectivity index (χ1n) is 5.27. The first-order valence-corrected chi connectivity index (χ1v) is 6.15. The highest BCUT2D eigenvalue weighted by molar-refractivity contribution is 7.10. The zero-order valence-corrected chi connectivity index (χ0v) is 10.7. The Bertz CT molecular complexity index is 581. The predicted octanol–water partition coefficient (Wildman–Crippen LogP) is -0.749. The Morgan fingerprint density at radius 1 is 1.56 bits per heavy atom. The van der Waals surface area contributed by atoms with Crippen molar-refractivity contribution >= 4 is 28.7 Å². The molecule has 0 aliphatic rings. The summed E-state index contributed by atoms with van der Waals surface area (Å²) in [5, 5.41) is 20.0. The maximum Gasteiger partial charge on any atom is 0.219 e. The van der Waals surface area contributed by atoms with Gasteiger partial charge in [0.1, 0.15) is 23.5 Å². The zero-order valence-electron chi connectivity index (χ0n) is 9.84. The molecule has 2 rings (SSSR count). The highest BCUT2D eigenvalue weighted by Crippen LogP contribution is 2.22. The van der Waals surface area contributed by atoms with E-state index in [1.165, 1.54) is 17.7 Å². The van der Waals surface area contributed by atoms with Crippen LogP contribution in [0.15, 0.2) is 17.8 Å². The van der Waals surface area contributed by atoms with Gasteiger partial charge in [-0.25, -0.2) is 9.97 Å². The molecule has 6 nitrogen and oxygen atoms in total. The lowest BCUT2D eigenvalue weighted by molar-refractivity contribution is -0.111. The zero-order chi connectivity index (χ0) is 13.1. The van der Waals surface area contributed by atoms with Crippen LogP contribution in [0.4, 0.5) is 11.6 Å². The van der Waals surface area contributed by atoms with Gasteiger partial charge in [0.15, 0.2) is 0 Å². The van der Waals surface area contributed by atoms with Gasteiger partial charge in [0.2, 0.25) is 5.71 Å². The van der Waals surface area contributed by atoms with Gasteiger partial charge in [0.25, 0.3) is 0 Å². The molecule has 0 atom stereocenters. The summed E-state index contributed by atoms with van der Waals surface area (Å²) in [5.74, 6) is 0.903. The molecule has 0 spiro atoms. The second-order valence-electron chi connectivity index (χ2n) is 3.61. The summed E-state index contributed by atoms with van der Waals surface area (Å²) in [4.78, 5) is 8.87. The highest BCUT2D eigenvalue weighted by atomic mass is 32.1. The van der Waals surface area contributed by atoms with Gasteiger partial charge in [-0.15, -0.1) is 11.3 Å². The van der Waals surface area contributed by atoms with Crippen LogP contribution in [-0.4, -0.2) is 27.8 Å². The Morgan fingerprint density at radius 2 is 2.33 bits per heavy atom. The van der Waals surface area contributed by atoms with Crippen LogP contribution in [0.5, 0.6) is 0 Å². The Morgan fingerprint density at radius 3 is 2.94 bits per heavy atom. The van der Waals surface area contributed by atoms with Crippen LogP contribution in [0, 0.1) is 0 Å². The lowest BCUT2D eigenvalue weighted by Crippen LogP contribution is -2.41. The Hall–Kier alpha value is -1.99. The van der Waals surface area contributed by atoms with Crippen LogP contribution >= 0.6 is 11.3 Å². The number of aliphatic hydroxyl groups excluding tert-OH is 1. The van der Waals surface area contributed by atoms with E-state index >= 15 is 0 Å². The molecule has 0 aliphatic heterocycles. The Kier molecular flexibility index (Phi) is 3.54. The molecule has 2 heterocycles. The SMILES string of the molecule is CNc1ncnc(N)c1C(=[NH2+])c1csc(CO)c1. The van der Waals surface area contributed by atoms with Gasteiger partial charge in [-0.3, -0.25) is 5.41 Å². The van der Waals surface area contributed by atoms with Gasteiger partial charge in [0.05, 0.1) is 12.2 Å². The number of rotatable bonds is 4. The van der Waals surface area contributed by atoms with Crippen molar-refractivity contribution in [3.05, 3.63) is 33.8 Å². The maximum absolute atomic E-state index is 9.06. The fraction of sp³-hybridized carbons (Fsp3) is 0.182. The molecule has 0 saturated carbocycles. The summed E-state index contributed by atoms with van der Waals surface area (Å²) in [6.45, 7) is -0.00238. The number of thiophene rings is 1. The number of hydrogen-bond acceptors (Lipinski definition) is 6. The Balaban J connectivity index is 2.45. The molecular weight excluding hydrogens is 250 g/mol. The fourth-order valence-corrected chi connectivity index (χ4v) is 2.35. The molecule has 0 aromatic carbocycles. The summed E-state index contributed by atoms with van der Waals surface area (Å²) in [6, 6.07) is 1.83. The van der Waals surface area contributed by atoms with E-state index in [1.807, 2.05) is 11.4 Å². The van der Waals surface area contributed by atoms with Crippen molar-refractivity contribution in [1.82, 2.24) is 9.97 Å². The van der Waals surface area contributed by atoms with Crippen molar-refractivity contribution in [3.8, 4) is 0 Å². The van der Waals surface area contributed by atoms with Crippen LogP contribution in [-0.2, 0) is 6.61 Å². The monoisotopic (exact) mass is 264 g/mol. The first-order chi connectivity index (χ1) is 8.67. The molecule has 0 fully saturated rings. The molecule has 0 radical (unpaired) electrons. The quantitative estimate of drug-likeness (QED) is 0.543. The molecule has 0 unspecified atom stereocenters. The minimum atomic E-state index is -0.00238. The number of nitrogens with two attached hydrogens (primary N) is 2. The van der Waals surface area contributed by atoms with Gasteiger partial charge in [-0.05, 0) is 6.07 Å². The molecule has 6 N–H and O–H groups in total. The molecule has 0 saturated heterocycles. The molecule has 94 valence electrons. The number of anilines is 2. The van der Waals surface area contributed by atoms with Crippen LogP contribution in [0.1, 0.15) is 16.0 Å². The minimum absolute atomic E-state index is 0.00238. The molecule has 18 heavy (non-hydrogen) atoms. The summed E-state index contributed by atoms with van der Waals surface area (Å²) >= 11 is 1.44. The van der Waals surface area contributed by atoms with E-state index in [4.69, 9.17) is 16.2 Å². The maximum atomic E-state index is 9.06. The van der Waals surface area contributed by atoms with E-state index in [0.717, 1.165) is 10.4 Å². The van der Waals surface area contributed by atoms with Gasteiger partial charge in [0, 0.05) is 17.3 Å². The molecular formula is C11H14N5OS+. The first kappa shape index (κ1) is 12.5. The molecule has 0 bridgehead atoms. The third kappa shape index (κ3) is 2.18. The van der Waals surface area contributed by atoms with Crippen molar-refractivity contribution in [2.75, 3.05) is 18.1 Å². The summed E-state index contributed by atoms with van der Waals surface area (Å²) < 4.78 is 0. The average Bonchev–Trinajstić information content (AvgIpc) is 2.86. The van der Waals surface area contributed by atoms with Gasteiger partial charge >= 0.3 is 0 Å². The van der Waals surface area contributed by atoms with Crippen LogP contribution in [0.2, 0.25) is 0 Å². The van der Waals surface area contributed by atoms with E-state index in [0.29, 0.717) is 22.9 Å². The van der Waals surface area contributed by atoms with Crippen LogP contribution in [0.25, 0.3) is 0 Å². The number of nitrogens with zero attached hydrogens (tertiary/aromatic N) is 2. The topological polar surface area (TPSA) is 110 Å². The third-order valence-corrected chi connectivity index (χ3v) is 3.42. The van der Waals surface area contributed by atoms with Gasteiger partial charge in [-0.2, -0.15) is 0 Å². The van der Waals surface area contributed by atoms with Crippen LogP contribution < -0.4 is 16.5 Å². The average molecular weight is 264 g/mol. The van der Waals surface area contributed by atoms with E-state index < -0.39 is 0 Å². The number of aliphatic hydroxyl groups is 1. The lowest BCUT2D eigenvalue weighted by Gasteiger charge is -2.06. The summed E-state index contributed by atoms with van der Waals surface area (Å²) in [7, 11) is 1.74. The third-order valence-electron chi connectivity index (χ3n) is 2.50. The summed E-state index contributed by atoms with van der Waals surface area (Å²) in [5.41, 5.74) is 7.72. The van der Waals surface area contributed by atoms with E-state index in [1.54, 1.807) is 7.05 Å². The summed E-state index contributed by atoms with van der Waals surface area (Å²) in [6.07, 6.45) is 1.38. The number of nitrogens with one attached hydrogen (secondary N) is 1. The smallest absolute Gasteiger partial charge is 0.219 e. The van der Waals surface area contributed by atoms with Crippen LogP contribution in [0.3, 0.4) is 0 Å². The number of hydrogen-bond donors (Lipinski definition) is 4. The highest BCUT2D eigenvalue weighted by Gasteiger charge is 2.21. The van der Waals surface area contributed by atoms with E-state index in [2.05, 4.69) is 15.3 Å². The largest absolute Gasteiger partial charge is 0.391 e. The van der Waals surface area contributed by atoms with E-state index in [9.17, 15) is 0 Å². The van der Waals surface area contributed by atoms with Crippen molar-refractivity contribution < 1.29 is 10.5 Å². The minimum Gasteiger partial charge on any atom is -0.391 e. The molecule has 0 amide bonds. The molecule has 2 aromatic heterocycles. The lowest BCUT2D eigenvalue weighted by atomic mass is 10.1. The van der Waals surface area contributed by atoms with Gasteiger partial charge < -0.3 is 16.2 Å². The number of nitrogen functional groups attached to an aromatic ring is 1. The fourth-order valence-electron chi connectivity index (χ4n) is 1.60. The van der Waals surface area contributed by atoms with Crippen molar-refractivity contribution in [3.63, 3.8) is 0 Å². The van der Waals surface area contributed by atoms with Crippen molar-refractivity contribution in [1.29, 1.82) is 0 Å². The van der Waals surface area contributed by atoms with Crippen molar-refractivity contribution in [2.45, 2.75) is 6.61 Å². The standard InChI is InChI=1S/C11H13N5OS/c1-14-11-8(10(13)15-5-16-11)9(12)6-2-7(3-17)18-4-6/h2,4-5,12,17H,3H2,1H3,(H3,13,14,15,16)/p+1.